The Labute approximate surface area is 127 Å². The van der Waals surface area contributed by atoms with Crippen molar-refractivity contribution >= 4 is 19.9 Å². The Morgan fingerprint density at radius 3 is 2.35 bits per heavy atom. The quantitative estimate of drug-likeness (QED) is 0.278. The van der Waals surface area contributed by atoms with Crippen LogP contribution >= 0.6 is 10.8 Å². The molecule has 0 aromatic carbocycles. The molecule has 0 bridgehead atoms. The van der Waals surface area contributed by atoms with Gasteiger partial charge < -0.3 is 5.32 Å². The molecule has 1 aliphatic carbocycles. The number of hydrogen-bond acceptors (Lipinski definition) is 4. The van der Waals surface area contributed by atoms with Gasteiger partial charge in [0.25, 0.3) is 0 Å². The van der Waals surface area contributed by atoms with Crippen molar-refractivity contribution < 1.29 is 13.0 Å². The molecule has 1 rings (SSSR count). The number of hydrogen-bond donors (Lipinski definition) is 2. The molecule has 6 heteroatoms. The van der Waals surface area contributed by atoms with Crippen LogP contribution in [0.15, 0.2) is 0 Å². The van der Waals surface area contributed by atoms with Crippen LogP contribution in [0.25, 0.3) is 0 Å². The van der Waals surface area contributed by atoms with E-state index in [-0.39, 0.29) is 0 Å². The Morgan fingerprint density at radius 2 is 1.70 bits per heavy atom. The summed E-state index contributed by atoms with van der Waals surface area (Å²) in [7, 11) is -3.28. The fourth-order valence-corrected chi connectivity index (χ4v) is 4.18. The number of rotatable bonds is 10. The van der Waals surface area contributed by atoms with Gasteiger partial charge in [-0.15, -0.1) is 0 Å². The summed E-state index contributed by atoms with van der Waals surface area (Å²) in [6.45, 7) is 1.57. The molecule has 1 fully saturated rings. The third kappa shape index (κ3) is 10.9. The first kappa shape index (κ1) is 18.3. The maximum atomic E-state index is 10.5. The third-order valence-corrected chi connectivity index (χ3v) is 6.01. The van der Waals surface area contributed by atoms with Gasteiger partial charge in [-0.3, -0.25) is 4.55 Å². The van der Waals surface area contributed by atoms with Crippen molar-refractivity contribution in [2.24, 2.45) is 5.92 Å². The molecule has 0 atom stereocenters. The Balaban J connectivity index is 1.84. The highest BCUT2D eigenvalue weighted by molar-refractivity contribution is 8.69. The van der Waals surface area contributed by atoms with Crippen LogP contribution in [0.5, 0.6) is 0 Å². The Morgan fingerprint density at radius 1 is 1.00 bits per heavy atom. The first-order valence-corrected chi connectivity index (χ1v) is 10.8. The standard InChI is InChI=1S/C14H29NO3S2/c16-20(17,18)19-13-12-15-11-7-3-6-10-14-8-4-1-2-5-9-14/h14-15H,1-13H2,(H,16,17,18). The first-order valence-electron chi connectivity index (χ1n) is 7.90. The summed E-state index contributed by atoms with van der Waals surface area (Å²) < 4.78 is 29.5. The molecule has 0 aliphatic heterocycles. The molecule has 2 N–H and O–H groups in total. The van der Waals surface area contributed by atoms with Crippen molar-refractivity contribution in [3.8, 4) is 0 Å². The normalized spacial score (nSPS) is 18.1. The second-order valence-corrected chi connectivity index (χ2v) is 9.18. The summed E-state index contributed by atoms with van der Waals surface area (Å²) in [6, 6.07) is 0. The van der Waals surface area contributed by atoms with E-state index in [4.69, 9.17) is 4.55 Å². The van der Waals surface area contributed by atoms with E-state index in [9.17, 15) is 8.42 Å². The highest BCUT2D eigenvalue weighted by Gasteiger charge is 2.11. The second-order valence-electron chi connectivity index (χ2n) is 5.71. The maximum Gasteiger partial charge on any atom is 0.319 e. The maximum absolute atomic E-state index is 10.5. The Hall–Kier alpha value is 0.220. The first-order chi connectivity index (χ1) is 9.58. The van der Waals surface area contributed by atoms with E-state index >= 15 is 0 Å². The molecule has 0 spiro atoms. The van der Waals surface area contributed by atoms with E-state index in [1.807, 2.05) is 0 Å². The Bertz CT molecular complexity index is 325. The van der Waals surface area contributed by atoms with Crippen molar-refractivity contribution in [3.05, 3.63) is 0 Å². The molecule has 0 unspecified atom stereocenters. The highest BCUT2D eigenvalue weighted by Crippen LogP contribution is 2.26. The van der Waals surface area contributed by atoms with Gasteiger partial charge >= 0.3 is 9.15 Å². The minimum atomic E-state index is -3.86. The lowest BCUT2D eigenvalue weighted by Crippen LogP contribution is -2.19. The van der Waals surface area contributed by atoms with Gasteiger partial charge in [-0.2, -0.15) is 8.42 Å². The molecule has 0 heterocycles. The highest BCUT2D eigenvalue weighted by atomic mass is 33.1. The van der Waals surface area contributed by atoms with Gasteiger partial charge in [-0.05, 0) is 29.7 Å². The summed E-state index contributed by atoms with van der Waals surface area (Å²) in [6.07, 6.45) is 13.7. The van der Waals surface area contributed by atoms with Crippen molar-refractivity contribution in [2.45, 2.75) is 64.2 Å². The van der Waals surface area contributed by atoms with Gasteiger partial charge in [-0.1, -0.05) is 57.8 Å². The van der Waals surface area contributed by atoms with Crippen molar-refractivity contribution in [1.82, 2.24) is 5.32 Å². The molecular weight excluding hydrogens is 294 g/mol. The molecule has 1 saturated carbocycles. The summed E-state index contributed by atoms with van der Waals surface area (Å²) in [5.41, 5.74) is 0. The number of nitrogens with one attached hydrogen (secondary N) is 1. The predicted octanol–water partition coefficient (Wildman–Crippen LogP) is 3.64. The van der Waals surface area contributed by atoms with Gasteiger partial charge in [-0.25, -0.2) is 0 Å². The summed E-state index contributed by atoms with van der Waals surface area (Å²) in [4.78, 5) is 0. The molecule has 1 aliphatic rings. The van der Waals surface area contributed by atoms with Crippen molar-refractivity contribution in [1.29, 1.82) is 0 Å². The number of unbranched alkanes of at least 4 members (excludes halogenated alkanes) is 2. The van der Waals surface area contributed by atoms with E-state index in [1.54, 1.807) is 0 Å². The van der Waals surface area contributed by atoms with E-state index < -0.39 is 9.15 Å². The monoisotopic (exact) mass is 323 g/mol. The fourth-order valence-electron chi connectivity index (χ4n) is 2.86. The average molecular weight is 324 g/mol. The second kappa shape index (κ2) is 10.9. The largest absolute Gasteiger partial charge is 0.319 e. The van der Waals surface area contributed by atoms with Gasteiger partial charge in [0.15, 0.2) is 0 Å². The Kier molecular flexibility index (Phi) is 9.94. The van der Waals surface area contributed by atoms with Crippen LogP contribution in [0.2, 0.25) is 0 Å². The van der Waals surface area contributed by atoms with E-state index in [0.717, 1.165) is 18.9 Å². The van der Waals surface area contributed by atoms with Crippen LogP contribution in [-0.4, -0.2) is 31.8 Å². The van der Waals surface area contributed by atoms with Gasteiger partial charge in [0.05, 0.1) is 0 Å². The minimum absolute atomic E-state index is 0.404. The fraction of sp³-hybridized carbons (Fsp3) is 1.00. The lowest BCUT2D eigenvalue weighted by molar-refractivity contribution is 0.406. The lowest BCUT2D eigenvalue weighted by Gasteiger charge is -2.13. The topological polar surface area (TPSA) is 66.4 Å². The van der Waals surface area contributed by atoms with E-state index in [1.165, 1.54) is 57.8 Å². The van der Waals surface area contributed by atoms with E-state index in [0.29, 0.717) is 23.1 Å². The molecule has 120 valence electrons. The van der Waals surface area contributed by atoms with Gasteiger partial charge in [0, 0.05) is 12.3 Å². The zero-order valence-electron chi connectivity index (χ0n) is 12.3. The zero-order valence-corrected chi connectivity index (χ0v) is 14.0. The minimum Gasteiger partial charge on any atom is -0.316 e. The van der Waals surface area contributed by atoms with Crippen LogP contribution in [0.1, 0.15) is 64.2 Å². The molecule has 4 nitrogen and oxygen atoms in total. The summed E-state index contributed by atoms with van der Waals surface area (Å²) in [5.74, 6) is 1.37. The van der Waals surface area contributed by atoms with E-state index in [2.05, 4.69) is 5.32 Å². The smallest absolute Gasteiger partial charge is 0.316 e. The molecule has 0 saturated heterocycles. The molecule has 20 heavy (non-hydrogen) atoms. The predicted molar refractivity (Wildman–Crippen MR) is 86.5 cm³/mol. The van der Waals surface area contributed by atoms with Crippen LogP contribution in [0, 0.1) is 5.92 Å². The molecular formula is C14H29NO3S2. The van der Waals surface area contributed by atoms with Gasteiger partial charge in [0.2, 0.25) is 0 Å². The van der Waals surface area contributed by atoms with Crippen molar-refractivity contribution in [2.75, 3.05) is 18.8 Å². The molecule has 0 aromatic heterocycles. The van der Waals surface area contributed by atoms with Crippen LogP contribution < -0.4 is 5.32 Å². The zero-order chi connectivity index (χ0) is 14.7. The van der Waals surface area contributed by atoms with Crippen LogP contribution in [-0.2, 0) is 9.15 Å². The molecule has 0 amide bonds. The van der Waals surface area contributed by atoms with Crippen molar-refractivity contribution in [3.63, 3.8) is 0 Å². The lowest BCUT2D eigenvalue weighted by atomic mass is 9.94. The summed E-state index contributed by atoms with van der Waals surface area (Å²) >= 11 is 0. The average Bonchev–Trinajstić information content (AvgIpc) is 2.64. The summed E-state index contributed by atoms with van der Waals surface area (Å²) in [5, 5.41) is 3.21. The van der Waals surface area contributed by atoms with Gasteiger partial charge in [0.1, 0.15) is 0 Å². The third-order valence-electron chi connectivity index (χ3n) is 3.95. The van der Waals surface area contributed by atoms with Crippen LogP contribution in [0.3, 0.4) is 0 Å². The molecule has 0 aromatic rings. The van der Waals surface area contributed by atoms with Crippen LogP contribution in [0.4, 0.5) is 0 Å². The molecule has 0 radical (unpaired) electrons. The SMILES string of the molecule is O=S(=O)(O)SCCNCCCCCC1CCCCCC1.